The van der Waals surface area contributed by atoms with Gasteiger partial charge in [-0.2, -0.15) is 5.26 Å². The summed E-state index contributed by atoms with van der Waals surface area (Å²) >= 11 is 1.60. The van der Waals surface area contributed by atoms with Crippen molar-refractivity contribution in [3.63, 3.8) is 0 Å². The number of nitrogens with zero attached hydrogens (tertiary/aromatic N) is 3. The largest absolute Gasteiger partial charge is 0.382 e. The normalized spacial score (nSPS) is 14.9. The Morgan fingerprint density at radius 2 is 2.18 bits per heavy atom. The van der Waals surface area contributed by atoms with Gasteiger partial charge in [0.15, 0.2) is 0 Å². The fraction of sp³-hybridized carbons (Fsp3) is 0.583. The first-order valence-electron chi connectivity index (χ1n) is 5.82. The molecule has 0 aromatic carbocycles. The van der Waals surface area contributed by atoms with E-state index in [1.54, 1.807) is 11.8 Å². The molecule has 1 fully saturated rings. The number of hydrogen-bond acceptors (Lipinski definition) is 5. The lowest BCUT2D eigenvalue weighted by Gasteiger charge is -2.08. The second kappa shape index (κ2) is 4.92. The molecule has 1 aliphatic rings. The van der Waals surface area contributed by atoms with Gasteiger partial charge >= 0.3 is 0 Å². The summed E-state index contributed by atoms with van der Waals surface area (Å²) in [6.07, 6.45) is 2.28. The molecule has 1 aliphatic carbocycles. The monoisotopic (exact) mass is 248 g/mol. The van der Waals surface area contributed by atoms with E-state index in [0.29, 0.717) is 23.2 Å². The number of nitrogens with two attached hydrogens (primary N) is 1. The topological polar surface area (TPSA) is 75.6 Å². The van der Waals surface area contributed by atoms with Crippen LogP contribution < -0.4 is 5.73 Å². The minimum atomic E-state index is 0.329. The highest BCUT2D eigenvalue weighted by Crippen LogP contribution is 2.39. The van der Waals surface area contributed by atoms with E-state index >= 15 is 0 Å². The molecule has 2 rings (SSSR count). The molecule has 1 aromatic heterocycles. The molecule has 1 aromatic rings. The molecule has 2 N–H and O–H groups in total. The van der Waals surface area contributed by atoms with Crippen molar-refractivity contribution >= 4 is 17.6 Å². The molecule has 17 heavy (non-hydrogen) atoms. The van der Waals surface area contributed by atoms with Crippen molar-refractivity contribution in [3.05, 3.63) is 11.4 Å². The van der Waals surface area contributed by atoms with E-state index < -0.39 is 0 Å². The summed E-state index contributed by atoms with van der Waals surface area (Å²) in [6.45, 7) is 4.29. The molecule has 90 valence electrons. The maximum atomic E-state index is 9.09. The number of nitriles is 1. The lowest BCUT2D eigenvalue weighted by atomic mass is 10.3. The van der Waals surface area contributed by atoms with Crippen molar-refractivity contribution in [2.45, 2.75) is 37.6 Å². The molecule has 4 nitrogen and oxygen atoms in total. The summed E-state index contributed by atoms with van der Waals surface area (Å²) in [4.78, 5) is 8.71. The van der Waals surface area contributed by atoms with Crippen LogP contribution >= 0.6 is 11.8 Å². The van der Waals surface area contributed by atoms with Crippen LogP contribution in [0.5, 0.6) is 0 Å². The standard InChI is InChI=1S/C12H16N4S/c1-7(2)6-17-12-9(5-13)10(14)15-11(16-12)8-3-4-8/h7-8H,3-4,6H2,1-2H3,(H2,14,15,16). The number of hydrogen-bond donors (Lipinski definition) is 1. The molecular weight excluding hydrogens is 232 g/mol. The number of aromatic nitrogens is 2. The van der Waals surface area contributed by atoms with Gasteiger partial charge in [0.05, 0.1) is 0 Å². The maximum absolute atomic E-state index is 9.09. The molecule has 1 heterocycles. The van der Waals surface area contributed by atoms with Crippen LogP contribution in [0.1, 0.15) is 44.0 Å². The quantitative estimate of drug-likeness (QED) is 0.654. The molecule has 0 unspecified atom stereocenters. The Bertz CT molecular complexity index is 460. The number of anilines is 1. The summed E-state index contributed by atoms with van der Waals surface area (Å²) in [5.41, 5.74) is 6.25. The van der Waals surface area contributed by atoms with E-state index in [2.05, 4.69) is 29.9 Å². The van der Waals surface area contributed by atoms with E-state index in [4.69, 9.17) is 11.0 Å². The van der Waals surface area contributed by atoms with Gasteiger partial charge in [-0.25, -0.2) is 9.97 Å². The molecule has 5 heteroatoms. The molecular formula is C12H16N4S. The van der Waals surface area contributed by atoms with Gasteiger partial charge in [0, 0.05) is 11.7 Å². The van der Waals surface area contributed by atoms with Crippen LogP contribution in [-0.4, -0.2) is 15.7 Å². The third-order valence-corrected chi connectivity index (χ3v) is 3.93. The summed E-state index contributed by atoms with van der Waals surface area (Å²) in [7, 11) is 0. The Morgan fingerprint density at radius 3 is 2.71 bits per heavy atom. The van der Waals surface area contributed by atoms with Crippen molar-refractivity contribution in [1.29, 1.82) is 5.26 Å². The average Bonchev–Trinajstić information content (AvgIpc) is 3.09. The van der Waals surface area contributed by atoms with Crippen molar-refractivity contribution in [1.82, 2.24) is 9.97 Å². The van der Waals surface area contributed by atoms with Crippen molar-refractivity contribution in [2.24, 2.45) is 5.92 Å². The number of thioether (sulfide) groups is 1. The van der Waals surface area contributed by atoms with Crippen LogP contribution in [0.25, 0.3) is 0 Å². The summed E-state index contributed by atoms with van der Waals surface area (Å²) in [5, 5.41) is 9.83. The van der Waals surface area contributed by atoms with E-state index in [9.17, 15) is 0 Å². The van der Waals surface area contributed by atoms with Gasteiger partial charge in [0.2, 0.25) is 0 Å². The highest BCUT2D eigenvalue weighted by Gasteiger charge is 2.28. The number of nitrogen functional groups attached to an aromatic ring is 1. The van der Waals surface area contributed by atoms with Crippen LogP contribution in [-0.2, 0) is 0 Å². The van der Waals surface area contributed by atoms with Gasteiger partial charge in [-0.3, -0.25) is 0 Å². The minimum Gasteiger partial charge on any atom is -0.382 e. The highest BCUT2D eigenvalue weighted by atomic mass is 32.2. The van der Waals surface area contributed by atoms with Gasteiger partial charge < -0.3 is 5.73 Å². The fourth-order valence-corrected chi connectivity index (χ4v) is 2.40. The van der Waals surface area contributed by atoms with E-state index in [1.807, 2.05) is 0 Å². The predicted molar refractivity (Wildman–Crippen MR) is 68.7 cm³/mol. The first-order valence-corrected chi connectivity index (χ1v) is 6.80. The lowest BCUT2D eigenvalue weighted by molar-refractivity contribution is 0.748. The Morgan fingerprint density at radius 1 is 1.47 bits per heavy atom. The zero-order chi connectivity index (χ0) is 12.4. The third kappa shape index (κ3) is 2.89. The van der Waals surface area contributed by atoms with Gasteiger partial charge in [-0.15, -0.1) is 11.8 Å². The molecule has 0 spiro atoms. The Labute approximate surface area is 106 Å². The predicted octanol–water partition coefficient (Wildman–Crippen LogP) is 2.56. The van der Waals surface area contributed by atoms with Crippen LogP contribution in [0.15, 0.2) is 5.03 Å². The van der Waals surface area contributed by atoms with Gasteiger partial charge in [-0.1, -0.05) is 13.8 Å². The Kier molecular flexibility index (Phi) is 3.53. The first-order chi connectivity index (χ1) is 8.11. The highest BCUT2D eigenvalue weighted by molar-refractivity contribution is 7.99. The molecule has 0 aliphatic heterocycles. The van der Waals surface area contributed by atoms with Gasteiger partial charge in [0.1, 0.15) is 28.3 Å². The summed E-state index contributed by atoms with van der Waals surface area (Å²) in [5.74, 6) is 3.11. The second-order valence-corrected chi connectivity index (χ2v) is 5.75. The molecule has 0 bridgehead atoms. The number of rotatable bonds is 4. The summed E-state index contributed by atoms with van der Waals surface area (Å²) in [6, 6.07) is 2.10. The molecule has 0 radical (unpaired) electrons. The van der Waals surface area contributed by atoms with E-state index in [0.717, 1.165) is 29.4 Å². The molecule has 0 atom stereocenters. The minimum absolute atomic E-state index is 0.329. The molecule has 0 amide bonds. The van der Waals surface area contributed by atoms with Crippen LogP contribution in [0.4, 0.5) is 5.82 Å². The van der Waals surface area contributed by atoms with E-state index in [1.165, 1.54) is 0 Å². The SMILES string of the molecule is CC(C)CSc1nc(C2CC2)nc(N)c1C#N. The van der Waals surface area contributed by atoms with Crippen molar-refractivity contribution in [3.8, 4) is 6.07 Å². The van der Waals surface area contributed by atoms with Crippen molar-refractivity contribution < 1.29 is 0 Å². The zero-order valence-electron chi connectivity index (χ0n) is 10.1. The first kappa shape index (κ1) is 12.2. The smallest absolute Gasteiger partial charge is 0.146 e. The Hall–Kier alpha value is -1.28. The van der Waals surface area contributed by atoms with Gasteiger partial charge in [-0.05, 0) is 18.8 Å². The lowest BCUT2D eigenvalue weighted by Crippen LogP contribution is -2.05. The molecule has 0 saturated heterocycles. The van der Waals surface area contributed by atoms with Crippen LogP contribution in [0.2, 0.25) is 0 Å². The maximum Gasteiger partial charge on any atom is 0.146 e. The molecule has 1 saturated carbocycles. The fourth-order valence-electron chi connectivity index (χ4n) is 1.45. The van der Waals surface area contributed by atoms with Crippen LogP contribution in [0, 0.1) is 17.2 Å². The van der Waals surface area contributed by atoms with E-state index in [-0.39, 0.29) is 0 Å². The summed E-state index contributed by atoms with van der Waals surface area (Å²) < 4.78 is 0. The second-order valence-electron chi connectivity index (χ2n) is 4.74. The van der Waals surface area contributed by atoms with Crippen LogP contribution in [0.3, 0.4) is 0 Å². The third-order valence-electron chi connectivity index (χ3n) is 2.53. The average molecular weight is 248 g/mol. The zero-order valence-corrected chi connectivity index (χ0v) is 10.9. The Balaban J connectivity index is 2.29. The van der Waals surface area contributed by atoms with Crippen molar-refractivity contribution in [2.75, 3.05) is 11.5 Å². The van der Waals surface area contributed by atoms with Gasteiger partial charge in [0.25, 0.3) is 0 Å².